The Morgan fingerprint density at radius 3 is 2.74 bits per heavy atom. The first-order valence-electron chi connectivity index (χ1n) is 7.82. The van der Waals surface area contributed by atoms with Gasteiger partial charge < -0.3 is 13.8 Å². The van der Waals surface area contributed by atoms with Gasteiger partial charge in [0.1, 0.15) is 6.61 Å². The van der Waals surface area contributed by atoms with Gasteiger partial charge >= 0.3 is 0 Å². The highest BCUT2D eigenvalue weighted by molar-refractivity contribution is 5.52. The Morgan fingerprint density at radius 2 is 1.83 bits per heavy atom. The Kier molecular flexibility index (Phi) is 3.90. The molecule has 6 nitrogen and oxygen atoms in total. The fourth-order valence-electron chi connectivity index (χ4n) is 2.80. The van der Waals surface area contributed by atoms with E-state index in [1.807, 2.05) is 30.3 Å². The predicted molar refractivity (Wildman–Crippen MR) is 81.4 cm³/mol. The molecule has 0 atom stereocenters. The smallest absolute Gasteiger partial charge is 0.296 e. The van der Waals surface area contributed by atoms with Gasteiger partial charge in [-0.25, -0.2) is 0 Å². The Morgan fingerprint density at radius 1 is 0.957 bits per heavy atom. The van der Waals surface area contributed by atoms with Gasteiger partial charge in [-0.1, -0.05) is 40.6 Å². The molecule has 0 saturated carbocycles. The van der Waals surface area contributed by atoms with Gasteiger partial charge in [0.25, 0.3) is 5.89 Å². The molecule has 2 heterocycles. The van der Waals surface area contributed by atoms with Crippen molar-refractivity contribution in [2.75, 3.05) is 0 Å². The molecule has 0 N–H and O–H groups in total. The third-order valence-corrected chi connectivity index (χ3v) is 3.96. The first-order chi connectivity index (χ1) is 11.4. The number of aryl methyl sites for hydroxylation is 1. The molecule has 118 valence electrons. The highest BCUT2D eigenvalue weighted by atomic mass is 16.5. The number of nitrogens with zero attached hydrogens (tertiary/aromatic N) is 3. The fourth-order valence-corrected chi connectivity index (χ4v) is 2.80. The monoisotopic (exact) mass is 311 g/mol. The van der Waals surface area contributed by atoms with Crippen molar-refractivity contribution in [3.05, 3.63) is 53.0 Å². The lowest BCUT2D eigenvalue weighted by Crippen LogP contribution is -2.01. The lowest BCUT2D eigenvalue weighted by Gasteiger charge is -2.07. The third-order valence-electron chi connectivity index (χ3n) is 3.96. The van der Waals surface area contributed by atoms with Crippen molar-refractivity contribution in [1.82, 2.24) is 15.3 Å². The number of benzene rings is 1. The molecule has 1 aliphatic rings. The van der Waals surface area contributed by atoms with Crippen molar-refractivity contribution in [3.8, 4) is 11.7 Å². The van der Waals surface area contributed by atoms with E-state index in [0.717, 1.165) is 42.5 Å². The Balaban J connectivity index is 1.42. The van der Waals surface area contributed by atoms with E-state index in [0.29, 0.717) is 30.7 Å². The molecule has 0 fully saturated rings. The fraction of sp³-hybridized carbons (Fsp3) is 0.353. The van der Waals surface area contributed by atoms with E-state index in [2.05, 4.69) is 15.3 Å². The number of fused-ring (bicyclic) bond motifs is 1. The number of aromatic nitrogens is 3. The highest BCUT2D eigenvalue weighted by Gasteiger charge is 2.24. The van der Waals surface area contributed by atoms with Crippen LogP contribution in [0.2, 0.25) is 0 Å². The van der Waals surface area contributed by atoms with Gasteiger partial charge in [-0.2, -0.15) is 4.98 Å². The van der Waals surface area contributed by atoms with Crippen molar-refractivity contribution in [3.63, 3.8) is 0 Å². The molecule has 1 aliphatic carbocycles. The highest BCUT2D eigenvalue weighted by Crippen LogP contribution is 2.30. The van der Waals surface area contributed by atoms with Crippen LogP contribution in [0.25, 0.3) is 11.7 Å². The average molecular weight is 311 g/mol. The summed E-state index contributed by atoms with van der Waals surface area (Å²) in [6, 6.07) is 9.98. The van der Waals surface area contributed by atoms with E-state index >= 15 is 0 Å². The minimum Gasteiger partial charge on any atom is -0.369 e. The molecule has 0 unspecified atom stereocenters. The van der Waals surface area contributed by atoms with Crippen molar-refractivity contribution < 1.29 is 13.8 Å². The van der Waals surface area contributed by atoms with Crippen LogP contribution < -0.4 is 0 Å². The number of rotatable bonds is 5. The topological polar surface area (TPSA) is 74.2 Å². The second-order valence-corrected chi connectivity index (χ2v) is 5.64. The first-order valence-corrected chi connectivity index (χ1v) is 7.82. The SMILES string of the molecule is c1ccc(COCc2noc(-c3onc4c3CCCC4)n2)cc1. The van der Waals surface area contributed by atoms with Crippen LogP contribution in [0.4, 0.5) is 0 Å². The molecule has 23 heavy (non-hydrogen) atoms. The minimum atomic E-state index is 0.300. The molecule has 0 spiro atoms. The van der Waals surface area contributed by atoms with Crippen LogP contribution in [0.15, 0.2) is 39.4 Å². The molecule has 3 aromatic rings. The van der Waals surface area contributed by atoms with Gasteiger partial charge in [-0.15, -0.1) is 0 Å². The van der Waals surface area contributed by atoms with Gasteiger partial charge in [0, 0.05) is 5.56 Å². The van der Waals surface area contributed by atoms with E-state index in [9.17, 15) is 0 Å². The summed E-state index contributed by atoms with van der Waals surface area (Å²) in [5.41, 5.74) is 3.24. The normalized spacial score (nSPS) is 13.9. The van der Waals surface area contributed by atoms with Crippen LogP contribution in [0.3, 0.4) is 0 Å². The van der Waals surface area contributed by atoms with Gasteiger partial charge in [0.15, 0.2) is 5.82 Å². The van der Waals surface area contributed by atoms with Crippen LogP contribution in [-0.2, 0) is 30.8 Å². The lowest BCUT2D eigenvalue weighted by atomic mass is 9.96. The molecule has 0 radical (unpaired) electrons. The third kappa shape index (κ3) is 3.03. The minimum absolute atomic E-state index is 0.300. The molecule has 2 aromatic heterocycles. The maximum atomic E-state index is 5.62. The maximum absolute atomic E-state index is 5.62. The van der Waals surface area contributed by atoms with E-state index in [1.54, 1.807) is 0 Å². The summed E-state index contributed by atoms with van der Waals surface area (Å²) < 4.78 is 16.3. The predicted octanol–water partition coefficient (Wildman–Crippen LogP) is 3.32. The summed E-state index contributed by atoms with van der Waals surface area (Å²) in [7, 11) is 0. The summed E-state index contributed by atoms with van der Waals surface area (Å²) in [5, 5.41) is 8.06. The second kappa shape index (κ2) is 6.34. The zero-order valence-electron chi connectivity index (χ0n) is 12.7. The summed E-state index contributed by atoms with van der Waals surface area (Å²) in [6.45, 7) is 0.817. The van der Waals surface area contributed by atoms with E-state index < -0.39 is 0 Å². The Labute approximate surface area is 133 Å². The van der Waals surface area contributed by atoms with Gasteiger partial charge in [-0.05, 0) is 31.2 Å². The summed E-state index contributed by atoms with van der Waals surface area (Å²) in [4.78, 5) is 4.36. The van der Waals surface area contributed by atoms with Gasteiger partial charge in [0.2, 0.25) is 5.76 Å². The summed E-state index contributed by atoms with van der Waals surface area (Å²) >= 11 is 0. The quantitative estimate of drug-likeness (QED) is 0.719. The summed E-state index contributed by atoms with van der Waals surface area (Å²) in [5.74, 6) is 1.51. The molecule has 1 aromatic carbocycles. The Hall–Kier alpha value is -2.47. The molecular weight excluding hydrogens is 294 g/mol. The van der Waals surface area contributed by atoms with E-state index in [1.165, 1.54) is 0 Å². The molecular formula is C17H17N3O3. The van der Waals surface area contributed by atoms with Crippen molar-refractivity contribution in [2.24, 2.45) is 0 Å². The van der Waals surface area contributed by atoms with Crippen LogP contribution in [0.5, 0.6) is 0 Å². The molecule has 4 rings (SSSR count). The molecule has 6 heteroatoms. The lowest BCUT2D eigenvalue weighted by molar-refractivity contribution is 0.0999. The standard InChI is InChI=1S/C17H17N3O3/c1-2-6-12(7-3-1)10-21-11-15-18-17(23-20-15)16-13-8-4-5-9-14(13)19-22-16/h1-3,6-7H,4-5,8-11H2. The van der Waals surface area contributed by atoms with Gasteiger partial charge in [-0.3, -0.25) is 0 Å². The zero-order valence-corrected chi connectivity index (χ0v) is 12.7. The van der Waals surface area contributed by atoms with Gasteiger partial charge in [0.05, 0.1) is 12.3 Å². The number of ether oxygens (including phenoxy) is 1. The summed E-state index contributed by atoms with van der Waals surface area (Å²) in [6.07, 6.45) is 4.21. The molecule has 0 amide bonds. The van der Waals surface area contributed by atoms with E-state index in [-0.39, 0.29) is 0 Å². The average Bonchev–Trinajstić information content (AvgIpc) is 3.22. The zero-order chi connectivity index (χ0) is 15.5. The first kappa shape index (κ1) is 14.1. The molecule has 0 bridgehead atoms. The van der Waals surface area contributed by atoms with E-state index in [4.69, 9.17) is 13.8 Å². The van der Waals surface area contributed by atoms with Crippen LogP contribution >= 0.6 is 0 Å². The second-order valence-electron chi connectivity index (χ2n) is 5.64. The number of hydrogen-bond acceptors (Lipinski definition) is 6. The molecule has 0 aliphatic heterocycles. The van der Waals surface area contributed by atoms with Crippen LogP contribution in [0.1, 0.15) is 35.5 Å². The van der Waals surface area contributed by atoms with Crippen molar-refractivity contribution >= 4 is 0 Å². The van der Waals surface area contributed by atoms with Crippen molar-refractivity contribution in [1.29, 1.82) is 0 Å². The maximum Gasteiger partial charge on any atom is 0.296 e. The van der Waals surface area contributed by atoms with Crippen LogP contribution in [-0.4, -0.2) is 15.3 Å². The van der Waals surface area contributed by atoms with Crippen molar-refractivity contribution in [2.45, 2.75) is 38.9 Å². The number of hydrogen-bond donors (Lipinski definition) is 0. The Bertz CT molecular complexity index is 779. The largest absolute Gasteiger partial charge is 0.369 e. The molecule has 0 saturated heterocycles. The van der Waals surface area contributed by atoms with Crippen LogP contribution in [0, 0.1) is 0 Å².